The lowest BCUT2D eigenvalue weighted by molar-refractivity contribution is 0.331. The van der Waals surface area contributed by atoms with E-state index in [-0.39, 0.29) is 0 Å². The van der Waals surface area contributed by atoms with Crippen LogP contribution in [0.25, 0.3) is 0 Å². The molecule has 2 heteroatoms. The van der Waals surface area contributed by atoms with Crippen LogP contribution in [-0.2, 0) is 4.52 Å². The van der Waals surface area contributed by atoms with Gasteiger partial charge in [-0.2, -0.15) is 0 Å². The molecule has 1 aromatic rings. The van der Waals surface area contributed by atoms with Gasteiger partial charge in [-0.05, 0) is 38.8 Å². The summed E-state index contributed by atoms with van der Waals surface area (Å²) in [6, 6.07) is 10.8. The summed E-state index contributed by atoms with van der Waals surface area (Å²) < 4.78 is 6.34. The van der Waals surface area contributed by atoms with Gasteiger partial charge in [-0.15, -0.1) is 0 Å². The largest absolute Gasteiger partial charge is 0.230 e. The first-order chi connectivity index (χ1) is 7.30. The monoisotopic (exact) mass is 223 g/mol. The van der Waals surface area contributed by atoms with Crippen LogP contribution in [0.2, 0.25) is 0 Å². The molecule has 0 aromatic heterocycles. The molecule has 1 nitrogen and oxygen atoms in total. The second-order valence-corrected chi connectivity index (χ2v) is 7.93. The van der Waals surface area contributed by atoms with E-state index in [1.54, 1.807) is 0 Å². The van der Waals surface area contributed by atoms with Crippen molar-refractivity contribution in [3.8, 4) is 0 Å². The van der Waals surface area contributed by atoms with Crippen molar-refractivity contribution in [2.75, 3.05) is 12.3 Å². The molecule has 0 spiro atoms. The van der Waals surface area contributed by atoms with Crippen LogP contribution in [0.1, 0.15) is 26.7 Å². The molecule has 2 rings (SSSR count). The van der Waals surface area contributed by atoms with E-state index in [1.807, 2.05) is 0 Å². The zero-order valence-electron chi connectivity index (χ0n) is 9.65. The van der Waals surface area contributed by atoms with Crippen molar-refractivity contribution in [2.24, 2.45) is 0 Å². The van der Waals surface area contributed by atoms with Gasteiger partial charge >= 0.3 is 0 Å². The minimum Gasteiger partial charge on any atom is -0.230 e. The number of benzene rings is 1. The van der Waals surface area contributed by atoms with Crippen molar-refractivity contribution in [3.05, 3.63) is 30.3 Å². The molecule has 0 atom stereocenters. The Morgan fingerprint density at radius 3 is 2.20 bits per heavy atom. The molecule has 1 fully saturated rings. The summed E-state index contributed by atoms with van der Waals surface area (Å²) >= 11 is 0. The molecule has 0 heterocycles. The third kappa shape index (κ3) is 2.41. The standard InChI is InChI=1S/C13H20OP/c1-3-15(4-2,14-12-10-11-12)13-8-6-5-7-9-13/h5-9,12H,3-4,10-11H2,1-2H3/q+1. The highest BCUT2D eigenvalue weighted by molar-refractivity contribution is 7.78. The normalized spacial score (nSPS) is 16.7. The molecule has 0 aliphatic heterocycles. The van der Waals surface area contributed by atoms with Gasteiger partial charge < -0.3 is 0 Å². The first kappa shape index (κ1) is 11.1. The molecule has 1 aromatic carbocycles. The Morgan fingerprint density at radius 1 is 1.13 bits per heavy atom. The fraction of sp³-hybridized carbons (Fsp3) is 0.538. The molecule has 0 bridgehead atoms. The Labute approximate surface area is 93.3 Å². The highest BCUT2D eigenvalue weighted by Gasteiger charge is 2.44. The maximum absolute atomic E-state index is 6.34. The van der Waals surface area contributed by atoms with Gasteiger partial charge in [0.1, 0.15) is 11.4 Å². The summed E-state index contributed by atoms with van der Waals surface area (Å²) in [7, 11) is -1.30. The van der Waals surface area contributed by atoms with Crippen LogP contribution in [0, 0.1) is 0 Å². The summed E-state index contributed by atoms with van der Waals surface area (Å²) in [5.41, 5.74) is 0. The van der Waals surface area contributed by atoms with E-state index in [2.05, 4.69) is 44.2 Å². The van der Waals surface area contributed by atoms with E-state index in [4.69, 9.17) is 4.52 Å². The number of rotatable bonds is 5. The molecule has 0 amide bonds. The van der Waals surface area contributed by atoms with E-state index in [0.29, 0.717) is 6.10 Å². The van der Waals surface area contributed by atoms with Crippen molar-refractivity contribution in [1.29, 1.82) is 0 Å². The maximum atomic E-state index is 6.34. The van der Waals surface area contributed by atoms with Gasteiger partial charge in [0, 0.05) is 0 Å². The van der Waals surface area contributed by atoms with Crippen molar-refractivity contribution < 1.29 is 4.52 Å². The van der Waals surface area contributed by atoms with Gasteiger partial charge in [0.15, 0.2) is 7.49 Å². The highest BCUT2D eigenvalue weighted by Crippen LogP contribution is 2.61. The van der Waals surface area contributed by atoms with E-state index in [9.17, 15) is 0 Å². The Hall–Kier alpha value is -0.390. The van der Waals surface area contributed by atoms with E-state index in [0.717, 1.165) is 0 Å². The Morgan fingerprint density at radius 2 is 1.73 bits per heavy atom. The first-order valence-corrected chi connectivity index (χ1v) is 7.99. The fourth-order valence-electron chi connectivity index (χ4n) is 1.96. The van der Waals surface area contributed by atoms with Crippen LogP contribution < -0.4 is 5.30 Å². The summed E-state index contributed by atoms with van der Waals surface area (Å²) in [5, 5.41) is 1.45. The third-order valence-electron chi connectivity index (χ3n) is 3.12. The topological polar surface area (TPSA) is 9.23 Å². The van der Waals surface area contributed by atoms with Crippen LogP contribution in [0.4, 0.5) is 0 Å². The van der Waals surface area contributed by atoms with Crippen LogP contribution in [0.5, 0.6) is 0 Å². The summed E-state index contributed by atoms with van der Waals surface area (Å²) in [6.07, 6.45) is 5.45. The maximum Gasteiger partial charge on any atom is 0.177 e. The zero-order chi connectivity index (χ0) is 10.7. The highest BCUT2D eigenvalue weighted by atomic mass is 31.2. The Bertz CT molecular complexity index is 302. The van der Waals surface area contributed by atoms with Crippen LogP contribution in [0.15, 0.2) is 30.3 Å². The summed E-state index contributed by atoms with van der Waals surface area (Å²) in [6.45, 7) is 4.54. The average Bonchev–Trinajstić information content (AvgIpc) is 3.11. The average molecular weight is 223 g/mol. The lowest BCUT2D eigenvalue weighted by Gasteiger charge is -2.23. The van der Waals surface area contributed by atoms with Crippen LogP contribution in [0.3, 0.4) is 0 Å². The Kier molecular flexibility index (Phi) is 3.43. The smallest absolute Gasteiger partial charge is 0.177 e. The predicted molar refractivity (Wildman–Crippen MR) is 68.2 cm³/mol. The van der Waals surface area contributed by atoms with Crippen molar-refractivity contribution in [2.45, 2.75) is 32.8 Å². The van der Waals surface area contributed by atoms with Gasteiger partial charge in [-0.1, -0.05) is 18.2 Å². The first-order valence-electron chi connectivity index (χ1n) is 5.92. The minimum absolute atomic E-state index is 0.568. The van der Waals surface area contributed by atoms with Crippen LogP contribution >= 0.6 is 7.49 Å². The molecule has 0 unspecified atom stereocenters. The van der Waals surface area contributed by atoms with E-state index >= 15 is 0 Å². The lowest BCUT2D eigenvalue weighted by atomic mass is 10.4. The molecule has 1 aliphatic carbocycles. The SMILES string of the molecule is CC[P+](CC)(OC1CC1)c1ccccc1. The molecule has 0 radical (unpaired) electrons. The van der Waals surface area contributed by atoms with Crippen molar-refractivity contribution in [1.82, 2.24) is 0 Å². The number of hydrogen-bond acceptors (Lipinski definition) is 1. The van der Waals surface area contributed by atoms with Crippen LogP contribution in [-0.4, -0.2) is 18.4 Å². The second-order valence-electron chi connectivity index (χ2n) is 4.16. The molecule has 0 N–H and O–H groups in total. The molecule has 1 saturated carbocycles. The summed E-state index contributed by atoms with van der Waals surface area (Å²) in [4.78, 5) is 0. The van der Waals surface area contributed by atoms with Gasteiger partial charge in [-0.25, -0.2) is 4.52 Å². The van der Waals surface area contributed by atoms with E-state index in [1.165, 1.54) is 30.5 Å². The fourth-order valence-corrected chi connectivity index (χ4v) is 5.05. The van der Waals surface area contributed by atoms with Gasteiger partial charge in [0.2, 0.25) is 0 Å². The molecular formula is C13H20OP+. The summed E-state index contributed by atoms with van der Waals surface area (Å²) in [5.74, 6) is 0. The van der Waals surface area contributed by atoms with Crippen molar-refractivity contribution in [3.63, 3.8) is 0 Å². The predicted octanol–water partition coefficient (Wildman–Crippen LogP) is 3.46. The zero-order valence-corrected chi connectivity index (χ0v) is 10.5. The van der Waals surface area contributed by atoms with Gasteiger partial charge in [-0.3, -0.25) is 0 Å². The minimum atomic E-state index is -1.30. The molecule has 15 heavy (non-hydrogen) atoms. The Balaban J connectivity index is 2.23. The quantitative estimate of drug-likeness (QED) is 0.694. The van der Waals surface area contributed by atoms with E-state index < -0.39 is 7.49 Å². The lowest BCUT2D eigenvalue weighted by Crippen LogP contribution is -2.18. The number of hydrogen-bond donors (Lipinski definition) is 0. The van der Waals surface area contributed by atoms with Gasteiger partial charge in [0.25, 0.3) is 0 Å². The second kappa shape index (κ2) is 4.63. The molecule has 0 saturated heterocycles. The van der Waals surface area contributed by atoms with Gasteiger partial charge in [0.05, 0.1) is 12.3 Å². The van der Waals surface area contributed by atoms with Crippen molar-refractivity contribution >= 4 is 12.8 Å². The third-order valence-corrected chi connectivity index (χ3v) is 7.11. The molecular weight excluding hydrogens is 203 g/mol. The molecule has 82 valence electrons. The molecule has 1 aliphatic rings.